The van der Waals surface area contributed by atoms with E-state index in [0.29, 0.717) is 6.54 Å². The number of nitrogens with one attached hydrogen (secondary N) is 1. The molecule has 0 saturated heterocycles. The minimum Gasteiger partial charge on any atom is -0.369 e. The monoisotopic (exact) mass is 241 g/mol. The summed E-state index contributed by atoms with van der Waals surface area (Å²) in [4.78, 5) is 23.1. The van der Waals surface area contributed by atoms with E-state index in [2.05, 4.69) is 5.32 Å². The van der Waals surface area contributed by atoms with Crippen molar-refractivity contribution in [2.24, 2.45) is 28.7 Å². The molecule has 1 aliphatic rings. The summed E-state index contributed by atoms with van der Waals surface area (Å²) in [6.45, 7) is 4.29. The van der Waals surface area contributed by atoms with Gasteiger partial charge >= 0.3 is 0 Å². The molecule has 2 atom stereocenters. The van der Waals surface area contributed by atoms with Crippen molar-refractivity contribution < 1.29 is 9.59 Å². The van der Waals surface area contributed by atoms with E-state index >= 15 is 0 Å². The Balaban J connectivity index is 2.47. The smallest absolute Gasteiger partial charge is 0.224 e. The van der Waals surface area contributed by atoms with E-state index in [0.717, 1.165) is 19.3 Å². The normalized spacial score (nSPS) is 24.6. The molecule has 0 aromatic heterocycles. The molecular formula is C12H23N3O2. The van der Waals surface area contributed by atoms with Crippen LogP contribution in [0.3, 0.4) is 0 Å². The van der Waals surface area contributed by atoms with Crippen LogP contribution in [0.2, 0.25) is 0 Å². The highest BCUT2D eigenvalue weighted by Gasteiger charge is 2.33. The van der Waals surface area contributed by atoms with Crippen LogP contribution in [0, 0.1) is 17.3 Å². The van der Waals surface area contributed by atoms with Crippen LogP contribution >= 0.6 is 0 Å². The molecule has 5 heteroatoms. The summed E-state index contributed by atoms with van der Waals surface area (Å²) in [5, 5.41) is 2.82. The summed E-state index contributed by atoms with van der Waals surface area (Å²) in [5.41, 5.74) is 10.2. The van der Waals surface area contributed by atoms with Crippen molar-refractivity contribution in [3.05, 3.63) is 0 Å². The van der Waals surface area contributed by atoms with E-state index in [1.807, 2.05) is 0 Å². The van der Waals surface area contributed by atoms with Crippen LogP contribution in [0.4, 0.5) is 0 Å². The predicted molar refractivity (Wildman–Crippen MR) is 65.9 cm³/mol. The Kier molecular flexibility index (Phi) is 4.51. The lowest BCUT2D eigenvalue weighted by molar-refractivity contribution is -0.128. The number of rotatable bonds is 5. The summed E-state index contributed by atoms with van der Waals surface area (Å²) in [5.74, 6) is -0.109. The first kappa shape index (κ1) is 14.0. The molecule has 1 rings (SSSR count). The minimum absolute atomic E-state index is 0.00340. The number of nitrogens with two attached hydrogens (primary N) is 2. The van der Waals surface area contributed by atoms with E-state index in [1.54, 1.807) is 13.8 Å². The first-order chi connectivity index (χ1) is 7.88. The second kappa shape index (κ2) is 5.49. The number of hydrogen-bond donors (Lipinski definition) is 3. The van der Waals surface area contributed by atoms with Crippen LogP contribution in [0.5, 0.6) is 0 Å². The Morgan fingerprint density at radius 1 is 1.35 bits per heavy atom. The molecule has 1 aliphatic carbocycles. The van der Waals surface area contributed by atoms with Gasteiger partial charge in [0.15, 0.2) is 0 Å². The molecule has 1 fully saturated rings. The van der Waals surface area contributed by atoms with Crippen LogP contribution in [-0.4, -0.2) is 24.9 Å². The molecule has 1 saturated carbocycles. The van der Waals surface area contributed by atoms with Gasteiger partial charge in [0.05, 0.1) is 5.41 Å². The Bertz CT molecular complexity index is 302. The van der Waals surface area contributed by atoms with Crippen LogP contribution in [0.15, 0.2) is 0 Å². The maximum absolute atomic E-state index is 12.0. The quantitative estimate of drug-likeness (QED) is 0.631. The van der Waals surface area contributed by atoms with Crippen molar-refractivity contribution >= 4 is 11.8 Å². The minimum atomic E-state index is -0.702. The highest BCUT2D eigenvalue weighted by Crippen LogP contribution is 2.31. The topological polar surface area (TPSA) is 98.2 Å². The van der Waals surface area contributed by atoms with E-state index < -0.39 is 11.3 Å². The molecule has 0 aromatic carbocycles. The SMILES string of the molecule is CC(C)(CNC(=O)[C@@H]1CCC[C@@H]1CN)C(N)=O. The van der Waals surface area contributed by atoms with Crippen molar-refractivity contribution in [2.45, 2.75) is 33.1 Å². The zero-order valence-electron chi connectivity index (χ0n) is 10.7. The molecule has 98 valence electrons. The second-order valence-electron chi connectivity index (χ2n) is 5.50. The Morgan fingerprint density at radius 3 is 2.53 bits per heavy atom. The molecule has 0 radical (unpaired) electrons. The standard InChI is InChI=1S/C12H23N3O2/c1-12(2,11(14)17)7-15-10(16)9-5-3-4-8(9)6-13/h8-9H,3-7,13H2,1-2H3,(H2,14,17)(H,15,16)/t8-,9-/m1/s1. The number of hydrogen-bond acceptors (Lipinski definition) is 3. The molecule has 0 bridgehead atoms. The zero-order chi connectivity index (χ0) is 13.1. The van der Waals surface area contributed by atoms with E-state index in [4.69, 9.17) is 11.5 Å². The van der Waals surface area contributed by atoms with Crippen LogP contribution < -0.4 is 16.8 Å². The van der Waals surface area contributed by atoms with Crippen molar-refractivity contribution in [3.63, 3.8) is 0 Å². The molecule has 5 N–H and O–H groups in total. The van der Waals surface area contributed by atoms with E-state index in [1.165, 1.54) is 0 Å². The zero-order valence-corrected chi connectivity index (χ0v) is 10.7. The van der Waals surface area contributed by atoms with Crippen LogP contribution in [0.25, 0.3) is 0 Å². The third kappa shape index (κ3) is 3.43. The van der Waals surface area contributed by atoms with Gasteiger partial charge in [-0.25, -0.2) is 0 Å². The lowest BCUT2D eigenvalue weighted by Crippen LogP contribution is -2.45. The van der Waals surface area contributed by atoms with Crippen molar-refractivity contribution in [3.8, 4) is 0 Å². The van der Waals surface area contributed by atoms with Gasteiger partial charge in [0.1, 0.15) is 0 Å². The number of amides is 2. The molecule has 0 aliphatic heterocycles. The Morgan fingerprint density at radius 2 is 2.00 bits per heavy atom. The molecule has 5 nitrogen and oxygen atoms in total. The van der Waals surface area contributed by atoms with Gasteiger partial charge < -0.3 is 16.8 Å². The fourth-order valence-corrected chi connectivity index (χ4v) is 2.19. The number of carbonyl (C=O) groups is 2. The summed E-state index contributed by atoms with van der Waals surface area (Å²) >= 11 is 0. The molecule has 17 heavy (non-hydrogen) atoms. The summed E-state index contributed by atoms with van der Waals surface area (Å²) in [6, 6.07) is 0. The first-order valence-electron chi connectivity index (χ1n) is 6.16. The Labute approximate surface area is 102 Å². The van der Waals surface area contributed by atoms with Gasteiger partial charge in [0.2, 0.25) is 11.8 Å². The van der Waals surface area contributed by atoms with Crippen LogP contribution in [0.1, 0.15) is 33.1 Å². The second-order valence-corrected chi connectivity index (χ2v) is 5.50. The average Bonchev–Trinajstić information content (AvgIpc) is 2.73. The fraction of sp³-hybridized carbons (Fsp3) is 0.833. The summed E-state index contributed by atoms with van der Waals surface area (Å²) in [6.07, 6.45) is 2.97. The highest BCUT2D eigenvalue weighted by molar-refractivity contribution is 5.83. The highest BCUT2D eigenvalue weighted by atomic mass is 16.2. The third-order valence-electron chi connectivity index (χ3n) is 3.67. The summed E-state index contributed by atoms with van der Waals surface area (Å²) < 4.78 is 0. The molecule has 0 aromatic rings. The van der Waals surface area contributed by atoms with Gasteiger partial charge in [-0.15, -0.1) is 0 Å². The van der Waals surface area contributed by atoms with Crippen molar-refractivity contribution in [2.75, 3.05) is 13.1 Å². The molecule has 0 heterocycles. The summed E-state index contributed by atoms with van der Waals surface area (Å²) in [7, 11) is 0. The van der Waals surface area contributed by atoms with Gasteiger partial charge in [0, 0.05) is 12.5 Å². The predicted octanol–water partition coefficient (Wildman–Crippen LogP) is -0.0109. The lowest BCUT2D eigenvalue weighted by atomic mass is 9.91. The number of carbonyl (C=O) groups excluding carboxylic acids is 2. The van der Waals surface area contributed by atoms with Gasteiger partial charge in [-0.2, -0.15) is 0 Å². The van der Waals surface area contributed by atoms with E-state index in [-0.39, 0.29) is 24.3 Å². The van der Waals surface area contributed by atoms with Gasteiger partial charge in [0.25, 0.3) is 0 Å². The average molecular weight is 241 g/mol. The lowest BCUT2D eigenvalue weighted by Gasteiger charge is -2.23. The van der Waals surface area contributed by atoms with Gasteiger partial charge in [-0.3, -0.25) is 9.59 Å². The fourth-order valence-electron chi connectivity index (χ4n) is 2.19. The molecular weight excluding hydrogens is 218 g/mol. The van der Waals surface area contributed by atoms with Crippen LogP contribution in [-0.2, 0) is 9.59 Å². The van der Waals surface area contributed by atoms with Gasteiger partial charge in [-0.05, 0) is 39.2 Å². The first-order valence-corrected chi connectivity index (χ1v) is 6.16. The van der Waals surface area contributed by atoms with Crippen molar-refractivity contribution in [1.29, 1.82) is 0 Å². The van der Waals surface area contributed by atoms with Crippen molar-refractivity contribution in [1.82, 2.24) is 5.32 Å². The third-order valence-corrected chi connectivity index (χ3v) is 3.67. The van der Waals surface area contributed by atoms with Gasteiger partial charge in [-0.1, -0.05) is 6.42 Å². The Hall–Kier alpha value is -1.10. The maximum atomic E-state index is 12.0. The number of primary amides is 1. The molecule has 0 spiro atoms. The molecule has 2 amide bonds. The molecule has 0 unspecified atom stereocenters. The van der Waals surface area contributed by atoms with E-state index in [9.17, 15) is 9.59 Å². The maximum Gasteiger partial charge on any atom is 0.224 e. The largest absolute Gasteiger partial charge is 0.369 e.